The molecule has 0 radical (unpaired) electrons. The van der Waals surface area contributed by atoms with Crippen molar-refractivity contribution in [3.63, 3.8) is 0 Å². The van der Waals surface area contributed by atoms with E-state index in [-0.39, 0.29) is 11.9 Å². The number of hydrogen-bond donors (Lipinski definition) is 3. The summed E-state index contributed by atoms with van der Waals surface area (Å²) in [7, 11) is 0. The van der Waals surface area contributed by atoms with Gasteiger partial charge in [-0.3, -0.25) is 0 Å². The zero-order valence-corrected chi connectivity index (χ0v) is 10.6. The van der Waals surface area contributed by atoms with Crippen molar-refractivity contribution in [3.8, 4) is 0 Å². The largest absolute Gasteiger partial charge is 0.393 e. The Morgan fingerprint density at radius 3 is 2.62 bits per heavy atom. The first-order chi connectivity index (χ1) is 7.59. The van der Waals surface area contributed by atoms with Crippen LogP contribution in [0.15, 0.2) is 0 Å². The molecule has 4 N–H and O–H groups in total. The van der Waals surface area contributed by atoms with E-state index in [1.807, 2.05) is 6.92 Å². The Kier molecular flexibility index (Phi) is 5.52. The van der Waals surface area contributed by atoms with Crippen molar-refractivity contribution in [1.82, 2.24) is 10.6 Å². The van der Waals surface area contributed by atoms with Gasteiger partial charge in [0.1, 0.15) is 0 Å². The summed E-state index contributed by atoms with van der Waals surface area (Å²) in [5.74, 6) is 0.0482. The third-order valence-electron chi connectivity index (χ3n) is 2.99. The van der Waals surface area contributed by atoms with Crippen LogP contribution in [0.2, 0.25) is 0 Å². The van der Waals surface area contributed by atoms with E-state index in [2.05, 4.69) is 10.6 Å². The molecule has 1 rings (SSSR count). The Hall–Kier alpha value is -0.840. The second-order valence-corrected chi connectivity index (χ2v) is 4.96. The molecule has 0 aromatic carbocycles. The highest BCUT2D eigenvalue weighted by Gasteiger charge is 2.15. The fourth-order valence-electron chi connectivity index (χ4n) is 1.83. The van der Waals surface area contributed by atoms with Gasteiger partial charge in [0.15, 0.2) is 0 Å². The zero-order chi connectivity index (χ0) is 12.0. The number of nitrogens with two attached hydrogens (primary N) is 1. The Morgan fingerprint density at radius 1 is 1.44 bits per heavy atom. The Labute approximate surface area is 102 Å². The van der Waals surface area contributed by atoms with Crippen LogP contribution in [0.5, 0.6) is 0 Å². The van der Waals surface area contributed by atoms with E-state index in [1.165, 1.54) is 19.3 Å². The van der Waals surface area contributed by atoms with Crippen LogP contribution in [-0.4, -0.2) is 23.6 Å². The van der Waals surface area contributed by atoms with Gasteiger partial charge in [0.05, 0.1) is 4.99 Å². The maximum Gasteiger partial charge on any atom is 0.315 e. The molecule has 1 saturated carbocycles. The minimum absolute atomic E-state index is 0.0482. The van der Waals surface area contributed by atoms with E-state index >= 15 is 0 Å². The summed E-state index contributed by atoms with van der Waals surface area (Å²) in [6, 6.07) is 0.240. The van der Waals surface area contributed by atoms with Gasteiger partial charge in [0.2, 0.25) is 0 Å². The van der Waals surface area contributed by atoms with Crippen LogP contribution in [-0.2, 0) is 0 Å². The lowest BCUT2D eigenvalue weighted by Crippen LogP contribution is -2.45. The molecule has 0 aromatic rings. The van der Waals surface area contributed by atoms with E-state index < -0.39 is 0 Å². The van der Waals surface area contributed by atoms with Gasteiger partial charge < -0.3 is 16.4 Å². The predicted octanol–water partition coefficient (Wildman–Crippen LogP) is 1.54. The first kappa shape index (κ1) is 13.2. The molecule has 0 bridgehead atoms. The normalized spacial score (nSPS) is 18.8. The first-order valence-electron chi connectivity index (χ1n) is 5.93. The van der Waals surface area contributed by atoms with Crippen molar-refractivity contribution in [3.05, 3.63) is 0 Å². The molecular weight excluding hydrogens is 222 g/mol. The standard InChI is InChI=1S/C11H21N3OS/c1-8(10(12)16)7-13-11(15)14-9-5-3-2-4-6-9/h8-9H,2-7H2,1H3,(H2,12,16)(H2,13,14,15). The van der Waals surface area contributed by atoms with E-state index in [1.54, 1.807) is 0 Å². The molecule has 0 saturated heterocycles. The van der Waals surface area contributed by atoms with Crippen LogP contribution in [0, 0.1) is 5.92 Å². The molecule has 92 valence electrons. The first-order valence-corrected chi connectivity index (χ1v) is 6.34. The highest BCUT2D eigenvalue weighted by Crippen LogP contribution is 2.17. The molecule has 1 unspecified atom stereocenters. The van der Waals surface area contributed by atoms with Crippen molar-refractivity contribution in [2.24, 2.45) is 11.7 Å². The lowest BCUT2D eigenvalue weighted by Gasteiger charge is -2.23. The van der Waals surface area contributed by atoms with Gasteiger partial charge in [-0.15, -0.1) is 0 Å². The van der Waals surface area contributed by atoms with Crippen molar-refractivity contribution in [2.75, 3.05) is 6.54 Å². The summed E-state index contributed by atoms with van der Waals surface area (Å²) >= 11 is 4.84. The highest BCUT2D eigenvalue weighted by atomic mass is 32.1. The van der Waals surface area contributed by atoms with E-state index in [9.17, 15) is 4.79 Å². The van der Waals surface area contributed by atoms with Crippen LogP contribution in [0.3, 0.4) is 0 Å². The second kappa shape index (κ2) is 6.68. The van der Waals surface area contributed by atoms with E-state index in [0.717, 1.165) is 12.8 Å². The lowest BCUT2D eigenvalue weighted by atomic mass is 9.96. The van der Waals surface area contributed by atoms with Crippen molar-refractivity contribution >= 4 is 23.2 Å². The molecule has 16 heavy (non-hydrogen) atoms. The second-order valence-electron chi connectivity index (χ2n) is 4.49. The third kappa shape index (κ3) is 4.79. The number of nitrogens with one attached hydrogen (secondary N) is 2. The molecule has 1 aliphatic carbocycles. The summed E-state index contributed by atoms with van der Waals surface area (Å²) in [6.45, 7) is 2.41. The average Bonchev–Trinajstić information content (AvgIpc) is 2.27. The molecule has 0 heterocycles. The monoisotopic (exact) mass is 243 g/mol. The van der Waals surface area contributed by atoms with Gasteiger partial charge in [0.25, 0.3) is 0 Å². The Balaban J connectivity index is 2.17. The smallest absolute Gasteiger partial charge is 0.315 e. The number of hydrogen-bond acceptors (Lipinski definition) is 2. The fraction of sp³-hybridized carbons (Fsp3) is 0.818. The molecule has 1 fully saturated rings. The maximum atomic E-state index is 11.5. The van der Waals surface area contributed by atoms with Gasteiger partial charge >= 0.3 is 6.03 Å². The molecule has 0 aromatic heterocycles. The molecule has 4 nitrogen and oxygen atoms in total. The number of urea groups is 1. The molecule has 0 spiro atoms. The maximum absolute atomic E-state index is 11.5. The predicted molar refractivity (Wildman–Crippen MR) is 69.4 cm³/mol. The number of carbonyl (C=O) groups is 1. The minimum Gasteiger partial charge on any atom is -0.393 e. The van der Waals surface area contributed by atoms with Crippen LogP contribution < -0.4 is 16.4 Å². The van der Waals surface area contributed by atoms with E-state index in [4.69, 9.17) is 18.0 Å². The van der Waals surface area contributed by atoms with Gasteiger partial charge in [-0.2, -0.15) is 0 Å². The highest BCUT2D eigenvalue weighted by molar-refractivity contribution is 7.80. The lowest BCUT2D eigenvalue weighted by molar-refractivity contribution is 0.232. The summed E-state index contributed by atoms with van der Waals surface area (Å²) in [4.78, 5) is 12.0. The number of thiocarbonyl (C=S) groups is 1. The van der Waals surface area contributed by atoms with Gasteiger partial charge in [-0.05, 0) is 12.8 Å². The SMILES string of the molecule is CC(CNC(=O)NC1CCCCC1)C(N)=S. The molecule has 0 aliphatic heterocycles. The average molecular weight is 243 g/mol. The van der Waals surface area contributed by atoms with Crippen LogP contribution in [0.25, 0.3) is 0 Å². The fourth-order valence-corrected chi connectivity index (χ4v) is 1.91. The van der Waals surface area contributed by atoms with Gasteiger partial charge in [0, 0.05) is 18.5 Å². The van der Waals surface area contributed by atoms with E-state index in [0.29, 0.717) is 17.6 Å². The molecule has 1 atom stereocenters. The van der Waals surface area contributed by atoms with Crippen LogP contribution in [0.1, 0.15) is 39.0 Å². The molecule has 1 aliphatic rings. The Morgan fingerprint density at radius 2 is 2.06 bits per heavy atom. The van der Waals surface area contributed by atoms with Gasteiger partial charge in [-0.1, -0.05) is 38.4 Å². The number of amides is 2. The summed E-state index contributed by atoms with van der Waals surface area (Å²) < 4.78 is 0. The minimum atomic E-state index is -0.102. The number of rotatable bonds is 4. The third-order valence-corrected chi connectivity index (χ3v) is 3.40. The van der Waals surface area contributed by atoms with Crippen LogP contribution >= 0.6 is 12.2 Å². The van der Waals surface area contributed by atoms with Crippen molar-refractivity contribution in [1.29, 1.82) is 0 Å². The summed E-state index contributed by atoms with van der Waals surface area (Å²) in [6.07, 6.45) is 5.91. The Bertz CT molecular complexity index is 252. The van der Waals surface area contributed by atoms with Crippen LogP contribution in [0.4, 0.5) is 4.79 Å². The van der Waals surface area contributed by atoms with Gasteiger partial charge in [-0.25, -0.2) is 4.79 Å². The summed E-state index contributed by atoms with van der Waals surface area (Å²) in [5.41, 5.74) is 5.47. The van der Waals surface area contributed by atoms with Crippen molar-refractivity contribution < 1.29 is 4.79 Å². The molecule has 2 amide bonds. The topological polar surface area (TPSA) is 67.2 Å². The summed E-state index contributed by atoms with van der Waals surface area (Å²) in [5, 5.41) is 5.77. The molecule has 5 heteroatoms. The quantitative estimate of drug-likeness (QED) is 0.656. The zero-order valence-electron chi connectivity index (χ0n) is 9.79. The number of carbonyl (C=O) groups excluding carboxylic acids is 1. The molecular formula is C11H21N3OS. The van der Waals surface area contributed by atoms with Crippen molar-refractivity contribution in [2.45, 2.75) is 45.1 Å².